The van der Waals surface area contributed by atoms with Crippen LogP contribution in [0.15, 0.2) is 66.2 Å². The number of methoxy groups -OCH3 is 3. The molecule has 38 heavy (non-hydrogen) atoms. The van der Waals surface area contributed by atoms with E-state index in [-0.39, 0.29) is 24.5 Å². The number of Topliss-reactive ketones (excluding diaryl/α,β-unsaturated/α-hetero) is 1. The second-order valence-corrected chi connectivity index (χ2v) is 8.96. The highest BCUT2D eigenvalue weighted by atomic mass is 16.5. The predicted molar refractivity (Wildman–Crippen MR) is 143 cm³/mol. The molecule has 0 aromatic heterocycles. The van der Waals surface area contributed by atoms with Crippen molar-refractivity contribution >= 4 is 17.4 Å². The zero-order valence-corrected chi connectivity index (χ0v) is 22.1. The molecule has 0 bridgehead atoms. The van der Waals surface area contributed by atoms with Crippen LogP contribution in [-0.2, 0) is 9.59 Å². The molecule has 1 amide bonds. The normalized spacial score (nSPS) is 16.4. The van der Waals surface area contributed by atoms with Crippen molar-refractivity contribution < 1.29 is 33.6 Å². The van der Waals surface area contributed by atoms with Crippen LogP contribution in [0, 0.1) is 13.8 Å². The van der Waals surface area contributed by atoms with Crippen LogP contribution in [0.1, 0.15) is 28.3 Å². The first kappa shape index (κ1) is 26.6. The van der Waals surface area contributed by atoms with Gasteiger partial charge in [-0.2, -0.15) is 0 Å². The van der Waals surface area contributed by atoms with Crippen LogP contribution < -0.4 is 18.9 Å². The first-order valence-corrected chi connectivity index (χ1v) is 12.1. The van der Waals surface area contributed by atoms with Crippen LogP contribution in [-0.4, -0.2) is 56.2 Å². The van der Waals surface area contributed by atoms with Gasteiger partial charge in [0.1, 0.15) is 35.4 Å². The number of carbonyl (C=O) groups is 2. The van der Waals surface area contributed by atoms with Crippen molar-refractivity contribution in [1.29, 1.82) is 0 Å². The Labute approximate surface area is 222 Å². The molecule has 8 heteroatoms. The van der Waals surface area contributed by atoms with E-state index >= 15 is 0 Å². The van der Waals surface area contributed by atoms with Crippen molar-refractivity contribution in [2.75, 3.05) is 34.5 Å². The summed E-state index contributed by atoms with van der Waals surface area (Å²) in [4.78, 5) is 28.1. The SMILES string of the molecule is COc1ccc(OCCN2C(=O)C(=O)/C(=C(/O)c3cc(C)cc(C)c3OC)C2c2cccc(OC)c2)cc1. The maximum atomic E-state index is 13.4. The van der Waals surface area contributed by atoms with Crippen molar-refractivity contribution in [2.24, 2.45) is 0 Å². The fourth-order valence-corrected chi connectivity index (χ4v) is 4.75. The van der Waals surface area contributed by atoms with Gasteiger partial charge in [0.05, 0.1) is 45.1 Å². The van der Waals surface area contributed by atoms with Crippen LogP contribution in [0.3, 0.4) is 0 Å². The molecule has 3 aromatic carbocycles. The molecule has 1 fully saturated rings. The summed E-state index contributed by atoms with van der Waals surface area (Å²) in [7, 11) is 4.63. The molecular formula is C30H31NO7. The van der Waals surface area contributed by atoms with Gasteiger partial charge in [0.2, 0.25) is 0 Å². The summed E-state index contributed by atoms with van der Waals surface area (Å²) in [6.45, 7) is 3.99. The summed E-state index contributed by atoms with van der Waals surface area (Å²) in [6, 6.07) is 17.0. The van der Waals surface area contributed by atoms with E-state index in [4.69, 9.17) is 18.9 Å². The molecule has 1 aliphatic heterocycles. The minimum absolute atomic E-state index is 0.0176. The van der Waals surface area contributed by atoms with E-state index in [9.17, 15) is 14.7 Å². The fraction of sp³-hybridized carbons (Fsp3) is 0.267. The number of hydrogen-bond acceptors (Lipinski definition) is 7. The Morgan fingerprint density at radius 3 is 2.21 bits per heavy atom. The Morgan fingerprint density at radius 2 is 1.55 bits per heavy atom. The molecule has 1 unspecified atom stereocenters. The highest BCUT2D eigenvalue weighted by Crippen LogP contribution is 2.42. The Kier molecular flexibility index (Phi) is 7.90. The number of aliphatic hydroxyl groups is 1. The molecular weight excluding hydrogens is 486 g/mol. The minimum Gasteiger partial charge on any atom is -0.507 e. The Balaban J connectivity index is 1.76. The molecule has 0 saturated carbocycles. The summed E-state index contributed by atoms with van der Waals surface area (Å²) in [5, 5.41) is 11.5. The number of benzene rings is 3. The maximum Gasteiger partial charge on any atom is 0.295 e. The highest BCUT2D eigenvalue weighted by Gasteiger charge is 2.46. The van der Waals surface area contributed by atoms with Crippen molar-refractivity contribution in [2.45, 2.75) is 19.9 Å². The molecule has 3 aromatic rings. The van der Waals surface area contributed by atoms with E-state index < -0.39 is 17.7 Å². The van der Waals surface area contributed by atoms with Gasteiger partial charge in [-0.15, -0.1) is 0 Å². The molecule has 0 radical (unpaired) electrons. The van der Waals surface area contributed by atoms with Crippen LogP contribution >= 0.6 is 0 Å². The first-order chi connectivity index (χ1) is 18.3. The number of ketones is 1. The van der Waals surface area contributed by atoms with Crippen LogP contribution in [0.25, 0.3) is 5.76 Å². The molecule has 198 valence electrons. The topological polar surface area (TPSA) is 94.5 Å². The van der Waals surface area contributed by atoms with Gasteiger partial charge in [0, 0.05) is 0 Å². The summed E-state index contributed by atoms with van der Waals surface area (Å²) >= 11 is 0. The molecule has 0 aliphatic carbocycles. The molecule has 4 rings (SSSR count). The van der Waals surface area contributed by atoms with Gasteiger partial charge in [0.25, 0.3) is 11.7 Å². The number of ether oxygens (including phenoxy) is 4. The lowest BCUT2D eigenvalue weighted by Gasteiger charge is -2.26. The second kappa shape index (κ2) is 11.3. The molecule has 1 saturated heterocycles. The lowest BCUT2D eigenvalue weighted by Crippen LogP contribution is -2.33. The summed E-state index contributed by atoms with van der Waals surface area (Å²) in [5.74, 6) is 0.501. The number of amides is 1. The van der Waals surface area contributed by atoms with Crippen LogP contribution in [0.4, 0.5) is 0 Å². The number of aliphatic hydroxyl groups excluding tert-OH is 1. The van der Waals surface area contributed by atoms with E-state index in [0.29, 0.717) is 34.1 Å². The van der Waals surface area contributed by atoms with Crippen molar-refractivity contribution in [3.8, 4) is 23.0 Å². The van der Waals surface area contributed by atoms with Crippen molar-refractivity contribution in [1.82, 2.24) is 4.90 Å². The van der Waals surface area contributed by atoms with E-state index in [2.05, 4.69) is 0 Å². The lowest BCUT2D eigenvalue weighted by atomic mass is 9.93. The molecule has 1 aliphatic rings. The first-order valence-electron chi connectivity index (χ1n) is 12.1. The molecule has 8 nitrogen and oxygen atoms in total. The summed E-state index contributed by atoms with van der Waals surface area (Å²) < 4.78 is 22.0. The number of likely N-dealkylation sites (tertiary alicyclic amines) is 1. The van der Waals surface area contributed by atoms with E-state index in [0.717, 1.165) is 11.1 Å². The standard InChI is InChI=1S/C30H31NO7/c1-18-15-19(2)29(37-5)24(16-18)27(32)25-26(20-7-6-8-23(17-20)36-4)31(30(34)28(25)33)13-14-38-22-11-9-21(35-3)10-12-22/h6-12,15-17,26,32H,13-14H2,1-5H3/b27-25+. The average molecular weight is 518 g/mol. The largest absolute Gasteiger partial charge is 0.507 e. The molecule has 1 atom stereocenters. The number of hydrogen-bond donors (Lipinski definition) is 1. The van der Waals surface area contributed by atoms with Crippen LogP contribution in [0.5, 0.6) is 23.0 Å². The van der Waals surface area contributed by atoms with Gasteiger partial charge < -0.3 is 29.0 Å². The molecule has 1 heterocycles. The number of carbonyl (C=O) groups excluding carboxylic acids is 2. The Hall–Kier alpha value is -4.46. The smallest absolute Gasteiger partial charge is 0.295 e. The zero-order chi connectivity index (χ0) is 27.4. The second-order valence-electron chi connectivity index (χ2n) is 8.96. The van der Waals surface area contributed by atoms with Crippen LogP contribution in [0.2, 0.25) is 0 Å². The summed E-state index contributed by atoms with van der Waals surface area (Å²) in [6.07, 6.45) is 0. The van der Waals surface area contributed by atoms with E-state index in [1.165, 1.54) is 12.0 Å². The monoisotopic (exact) mass is 517 g/mol. The van der Waals surface area contributed by atoms with Gasteiger partial charge in [-0.3, -0.25) is 9.59 Å². The van der Waals surface area contributed by atoms with Gasteiger partial charge in [-0.25, -0.2) is 0 Å². The zero-order valence-electron chi connectivity index (χ0n) is 22.1. The van der Waals surface area contributed by atoms with E-state index in [1.807, 2.05) is 19.9 Å². The number of rotatable bonds is 9. The quantitative estimate of drug-likeness (QED) is 0.247. The van der Waals surface area contributed by atoms with Gasteiger partial charge >= 0.3 is 0 Å². The van der Waals surface area contributed by atoms with Gasteiger partial charge in [-0.1, -0.05) is 18.2 Å². The maximum absolute atomic E-state index is 13.4. The third kappa shape index (κ3) is 5.16. The Bertz CT molecular complexity index is 1380. The fourth-order valence-electron chi connectivity index (χ4n) is 4.75. The molecule has 0 spiro atoms. The van der Waals surface area contributed by atoms with Crippen molar-refractivity contribution in [3.63, 3.8) is 0 Å². The number of aryl methyl sites for hydroxylation is 2. The van der Waals surface area contributed by atoms with Gasteiger partial charge in [0.15, 0.2) is 0 Å². The van der Waals surface area contributed by atoms with Gasteiger partial charge in [-0.05, 0) is 73.0 Å². The third-order valence-corrected chi connectivity index (χ3v) is 6.49. The Morgan fingerprint density at radius 1 is 0.868 bits per heavy atom. The molecule has 1 N–H and O–H groups in total. The lowest BCUT2D eigenvalue weighted by molar-refractivity contribution is -0.140. The average Bonchev–Trinajstić information content (AvgIpc) is 3.17. The van der Waals surface area contributed by atoms with Crippen molar-refractivity contribution in [3.05, 3.63) is 88.5 Å². The van der Waals surface area contributed by atoms with E-state index in [1.54, 1.807) is 68.8 Å². The minimum atomic E-state index is -0.852. The third-order valence-electron chi connectivity index (χ3n) is 6.49. The predicted octanol–water partition coefficient (Wildman–Crippen LogP) is 4.83. The number of nitrogens with zero attached hydrogens (tertiary/aromatic N) is 1. The highest BCUT2D eigenvalue weighted by molar-refractivity contribution is 6.46. The summed E-state index contributed by atoms with van der Waals surface area (Å²) in [5.41, 5.74) is 2.64.